The van der Waals surface area contributed by atoms with Crippen LogP contribution in [0.4, 0.5) is 5.69 Å². The zero-order valence-electron chi connectivity index (χ0n) is 24.0. The van der Waals surface area contributed by atoms with Crippen molar-refractivity contribution in [2.45, 2.75) is 32.9 Å². The molecule has 0 aliphatic rings. The van der Waals surface area contributed by atoms with Crippen molar-refractivity contribution in [2.75, 3.05) is 25.6 Å². The number of thiazole rings is 1. The van der Waals surface area contributed by atoms with E-state index in [1.165, 1.54) is 27.4 Å². The lowest BCUT2D eigenvalue weighted by Crippen LogP contribution is -2.24. The molecule has 0 aliphatic heterocycles. The van der Waals surface area contributed by atoms with E-state index in [9.17, 15) is 9.59 Å². The van der Waals surface area contributed by atoms with E-state index in [4.69, 9.17) is 20.2 Å². The third-order valence-electron chi connectivity index (χ3n) is 7.20. The number of fused-ring (bicyclic) bond motifs is 4. The van der Waals surface area contributed by atoms with Crippen molar-refractivity contribution in [2.24, 2.45) is 12.8 Å². The van der Waals surface area contributed by atoms with E-state index >= 15 is 0 Å². The molecular weight excluding hydrogens is 587 g/mol. The van der Waals surface area contributed by atoms with Gasteiger partial charge in [-0.3, -0.25) is 9.59 Å². The summed E-state index contributed by atoms with van der Waals surface area (Å²) in [4.78, 5) is 35.9. The third kappa shape index (κ3) is 5.70. The highest BCUT2D eigenvalue weighted by molar-refractivity contribution is 7.21. The number of nitrogens with one attached hydrogen (secondary N) is 1. The highest BCUT2D eigenvalue weighted by Gasteiger charge is 2.19. The number of thiophene rings is 1. The normalized spacial score (nSPS) is 11.6. The molecule has 5 aromatic heterocycles. The Kier molecular flexibility index (Phi) is 8.10. The number of nitrogens with zero attached hydrogens (tertiary/aromatic N) is 5. The molecule has 13 heteroatoms. The largest absolute Gasteiger partial charge is 0.497 e. The number of hydrogen-bond acceptors (Lipinski definition) is 10. The van der Waals surface area contributed by atoms with Crippen LogP contribution in [0.15, 0.2) is 47.4 Å². The number of ether oxygens (including phenoxy) is 2. The molecule has 1 amide bonds. The highest BCUT2D eigenvalue weighted by Crippen LogP contribution is 2.35. The van der Waals surface area contributed by atoms with Crippen LogP contribution in [-0.2, 0) is 24.9 Å². The maximum absolute atomic E-state index is 13.3. The van der Waals surface area contributed by atoms with Crippen LogP contribution in [0.25, 0.3) is 31.5 Å². The van der Waals surface area contributed by atoms with E-state index in [-0.39, 0.29) is 5.56 Å². The van der Waals surface area contributed by atoms with Crippen LogP contribution < -0.4 is 21.3 Å². The first-order valence-electron chi connectivity index (χ1n) is 13.8. The van der Waals surface area contributed by atoms with Crippen molar-refractivity contribution >= 4 is 65.7 Å². The van der Waals surface area contributed by atoms with Crippen LogP contribution in [0.5, 0.6) is 5.75 Å². The minimum atomic E-state index is -0.454. The molecule has 0 fully saturated rings. The molecule has 1 aromatic carbocycles. The van der Waals surface area contributed by atoms with Gasteiger partial charge in [0.25, 0.3) is 11.5 Å². The molecule has 0 saturated carbocycles. The Morgan fingerprint density at radius 1 is 1.12 bits per heavy atom. The van der Waals surface area contributed by atoms with Gasteiger partial charge in [0.15, 0.2) is 5.65 Å². The number of benzene rings is 1. The van der Waals surface area contributed by atoms with Crippen molar-refractivity contribution in [3.63, 3.8) is 0 Å². The number of hydrogen-bond donors (Lipinski definition) is 2. The molecule has 5 heterocycles. The van der Waals surface area contributed by atoms with Gasteiger partial charge in [0.1, 0.15) is 26.0 Å². The van der Waals surface area contributed by atoms with Crippen molar-refractivity contribution in [1.82, 2.24) is 24.3 Å². The third-order valence-corrected chi connectivity index (χ3v) is 9.36. The Morgan fingerprint density at radius 2 is 1.98 bits per heavy atom. The lowest BCUT2D eigenvalue weighted by molar-refractivity contribution is 0.100. The minimum Gasteiger partial charge on any atom is -0.497 e. The van der Waals surface area contributed by atoms with Crippen molar-refractivity contribution in [3.8, 4) is 5.75 Å². The number of nitrogens with two attached hydrogens (primary N) is 1. The van der Waals surface area contributed by atoms with Gasteiger partial charge in [-0.15, -0.1) is 22.7 Å². The zero-order valence-corrected chi connectivity index (χ0v) is 25.7. The molecule has 0 spiro atoms. The first-order valence-corrected chi connectivity index (χ1v) is 15.5. The number of aryl methyl sites for hydroxylation is 2. The summed E-state index contributed by atoms with van der Waals surface area (Å²) in [6, 6.07) is 11.5. The van der Waals surface area contributed by atoms with Crippen LogP contribution in [-0.4, -0.2) is 50.5 Å². The summed E-state index contributed by atoms with van der Waals surface area (Å²) in [5, 5.41) is 10.4. The first-order chi connectivity index (χ1) is 20.8. The molecule has 6 aromatic rings. The van der Waals surface area contributed by atoms with Gasteiger partial charge < -0.3 is 25.1 Å². The molecule has 0 aliphatic carbocycles. The average molecular weight is 618 g/mol. The highest BCUT2D eigenvalue weighted by atomic mass is 32.1. The summed E-state index contributed by atoms with van der Waals surface area (Å²) in [5.41, 5.74) is 9.35. The van der Waals surface area contributed by atoms with Gasteiger partial charge in [-0.05, 0) is 49.6 Å². The quantitative estimate of drug-likeness (QED) is 0.186. The van der Waals surface area contributed by atoms with E-state index < -0.39 is 5.91 Å². The Balaban J connectivity index is 1.05. The molecular formula is C30H31N7O4S2. The topological polar surface area (TPSA) is 139 Å². The van der Waals surface area contributed by atoms with Gasteiger partial charge in [-0.1, -0.05) is 12.1 Å². The molecule has 11 nitrogen and oxygen atoms in total. The predicted molar refractivity (Wildman–Crippen MR) is 171 cm³/mol. The summed E-state index contributed by atoms with van der Waals surface area (Å²) in [6.07, 6.45) is 3.43. The summed E-state index contributed by atoms with van der Waals surface area (Å²) in [5.74, 6) is 0.282. The number of unbranched alkanes of at least 4 members (excludes halogenated alkanes) is 1. The second-order valence-corrected chi connectivity index (χ2v) is 12.3. The smallest absolute Gasteiger partial charge is 0.291 e. The summed E-state index contributed by atoms with van der Waals surface area (Å²) in [7, 11) is 3.48. The molecule has 0 bridgehead atoms. The average Bonchev–Trinajstić information content (AvgIpc) is 3.65. The number of amides is 1. The molecule has 43 heavy (non-hydrogen) atoms. The van der Waals surface area contributed by atoms with Gasteiger partial charge in [-0.25, -0.2) is 14.6 Å². The van der Waals surface area contributed by atoms with E-state index in [0.717, 1.165) is 66.5 Å². The second-order valence-electron chi connectivity index (χ2n) is 10.2. The minimum absolute atomic E-state index is 0.163. The van der Waals surface area contributed by atoms with Gasteiger partial charge >= 0.3 is 0 Å². The number of carbonyl (C=O) groups excluding carboxylic acids is 1. The SMILES string of the molecule is COc1cccc(Cn2ncc3c4sc(COCCCCNc5c(C(N)=O)sc6nc(C)ccc56)nc4n(C)c3c2=O)c1. The number of aromatic nitrogens is 5. The molecule has 0 unspecified atom stereocenters. The molecule has 222 valence electrons. The summed E-state index contributed by atoms with van der Waals surface area (Å²) >= 11 is 2.84. The lowest BCUT2D eigenvalue weighted by atomic mass is 10.2. The maximum atomic E-state index is 13.3. The van der Waals surface area contributed by atoms with Crippen LogP contribution in [0, 0.1) is 6.92 Å². The van der Waals surface area contributed by atoms with Gasteiger partial charge in [0.2, 0.25) is 0 Å². The molecule has 0 radical (unpaired) electrons. The summed E-state index contributed by atoms with van der Waals surface area (Å²) in [6.45, 7) is 3.91. The predicted octanol–water partition coefficient (Wildman–Crippen LogP) is 4.83. The Labute approximate surface area is 254 Å². The van der Waals surface area contributed by atoms with Crippen LogP contribution in [0.1, 0.15) is 38.8 Å². The monoisotopic (exact) mass is 617 g/mol. The number of methoxy groups -OCH3 is 1. The lowest BCUT2D eigenvalue weighted by Gasteiger charge is -2.08. The second kappa shape index (κ2) is 12.1. The molecule has 3 N–H and O–H groups in total. The van der Waals surface area contributed by atoms with Gasteiger partial charge in [0, 0.05) is 36.7 Å². The van der Waals surface area contributed by atoms with Crippen LogP contribution in [0.3, 0.4) is 0 Å². The zero-order chi connectivity index (χ0) is 30.1. The van der Waals surface area contributed by atoms with E-state index in [2.05, 4.69) is 15.4 Å². The fraction of sp³-hybridized carbons (Fsp3) is 0.300. The molecule has 0 atom stereocenters. The van der Waals surface area contributed by atoms with Gasteiger partial charge in [0.05, 0.1) is 36.8 Å². The van der Waals surface area contributed by atoms with Crippen molar-refractivity contribution < 1.29 is 14.3 Å². The molecule has 6 rings (SSSR count). The summed E-state index contributed by atoms with van der Waals surface area (Å²) < 4.78 is 15.5. The maximum Gasteiger partial charge on any atom is 0.291 e. The van der Waals surface area contributed by atoms with Crippen LogP contribution in [0.2, 0.25) is 0 Å². The van der Waals surface area contributed by atoms with Crippen molar-refractivity contribution in [1.29, 1.82) is 0 Å². The molecule has 0 saturated heterocycles. The fourth-order valence-corrected chi connectivity index (χ4v) is 7.16. The Bertz CT molecular complexity index is 2020. The number of anilines is 1. The first kappa shape index (κ1) is 28.8. The van der Waals surface area contributed by atoms with E-state index in [1.807, 2.05) is 54.9 Å². The fourth-order valence-electron chi connectivity index (χ4n) is 5.07. The number of rotatable bonds is 12. The van der Waals surface area contributed by atoms with Crippen molar-refractivity contribution in [3.05, 3.63) is 74.1 Å². The van der Waals surface area contributed by atoms with E-state index in [0.29, 0.717) is 36.7 Å². The Hall–Kier alpha value is -4.33. The standard InChI is InChI=1S/C30H31N7O4S2/c1-17-9-10-20-23(26(27(31)38)43-29(20)34-17)32-11-4-5-12-41-16-22-35-28-25(42-22)21-14-33-37(30(39)24(21)36(28)2)15-18-7-6-8-19(13-18)40-3/h6-10,13-14,32H,4-5,11-12,15-16H2,1-3H3,(H2,31,38). The van der Waals surface area contributed by atoms with Gasteiger partial charge in [-0.2, -0.15) is 5.10 Å². The number of primary amides is 1. The number of carbonyl (C=O) groups is 1. The Morgan fingerprint density at radius 3 is 2.79 bits per heavy atom. The number of pyridine rings is 1. The van der Waals surface area contributed by atoms with Crippen LogP contribution >= 0.6 is 22.7 Å². The van der Waals surface area contributed by atoms with E-state index in [1.54, 1.807) is 13.3 Å².